The van der Waals surface area contributed by atoms with Gasteiger partial charge in [0.15, 0.2) is 0 Å². The van der Waals surface area contributed by atoms with Crippen LogP contribution in [-0.2, 0) is 11.2 Å². The van der Waals surface area contributed by atoms with Crippen molar-refractivity contribution in [3.63, 3.8) is 0 Å². The molecule has 1 aliphatic rings. The van der Waals surface area contributed by atoms with E-state index in [1.807, 2.05) is 0 Å². The Kier molecular flexibility index (Phi) is 4.50. The fraction of sp³-hybridized carbons (Fsp3) is 0.750. The van der Waals surface area contributed by atoms with E-state index in [0.29, 0.717) is 12.0 Å². The summed E-state index contributed by atoms with van der Waals surface area (Å²) in [7, 11) is 0. The van der Waals surface area contributed by atoms with Crippen molar-refractivity contribution in [2.75, 3.05) is 13.2 Å². The lowest BCUT2D eigenvalue weighted by atomic mass is 9.90. The van der Waals surface area contributed by atoms with Gasteiger partial charge in [-0.3, -0.25) is 11.3 Å². The molecule has 0 radical (unpaired) electrons. The maximum absolute atomic E-state index is 5.68. The summed E-state index contributed by atoms with van der Waals surface area (Å²) in [5.74, 6) is 6.29. The highest BCUT2D eigenvalue weighted by atomic mass is 32.1. The molecule has 1 unspecified atom stereocenters. The van der Waals surface area contributed by atoms with E-state index in [9.17, 15) is 0 Å². The molecule has 0 aliphatic carbocycles. The van der Waals surface area contributed by atoms with Crippen molar-refractivity contribution in [3.05, 3.63) is 15.6 Å². The molecule has 0 saturated carbocycles. The van der Waals surface area contributed by atoms with E-state index in [-0.39, 0.29) is 0 Å². The summed E-state index contributed by atoms with van der Waals surface area (Å²) in [5.41, 5.74) is 4.11. The van der Waals surface area contributed by atoms with Crippen molar-refractivity contribution in [1.82, 2.24) is 10.4 Å². The Morgan fingerprint density at radius 1 is 1.47 bits per heavy atom. The minimum absolute atomic E-state index is 0.323. The van der Waals surface area contributed by atoms with Crippen molar-refractivity contribution >= 4 is 11.3 Å². The number of nitrogens with two attached hydrogens (primary N) is 1. The number of hydrogen-bond acceptors (Lipinski definition) is 5. The minimum Gasteiger partial charge on any atom is -0.381 e. The Bertz CT molecular complexity index is 341. The Morgan fingerprint density at radius 2 is 2.18 bits per heavy atom. The van der Waals surface area contributed by atoms with Gasteiger partial charge >= 0.3 is 0 Å². The van der Waals surface area contributed by atoms with E-state index >= 15 is 0 Å². The molecule has 0 spiro atoms. The molecule has 1 aliphatic heterocycles. The summed E-state index contributed by atoms with van der Waals surface area (Å²) in [6.45, 7) is 5.90. The molecular weight excluding hydrogens is 234 g/mol. The van der Waals surface area contributed by atoms with Crippen LogP contribution >= 0.6 is 11.3 Å². The standard InChI is InChI=1S/C12H21N3OS/c1-8-9(2)17-12(14-8)7-11(15-13)10-3-5-16-6-4-10/h10-11,15H,3-7,13H2,1-2H3. The van der Waals surface area contributed by atoms with Crippen LogP contribution in [0, 0.1) is 19.8 Å². The molecule has 0 bridgehead atoms. The molecular formula is C12H21N3OS. The molecule has 1 aromatic heterocycles. The van der Waals surface area contributed by atoms with E-state index < -0.39 is 0 Å². The summed E-state index contributed by atoms with van der Waals surface area (Å²) < 4.78 is 5.39. The molecule has 2 rings (SSSR count). The summed E-state index contributed by atoms with van der Waals surface area (Å²) in [5, 5.41) is 1.19. The number of ether oxygens (including phenoxy) is 1. The summed E-state index contributed by atoms with van der Waals surface area (Å²) in [6.07, 6.45) is 3.12. The van der Waals surface area contributed by atoms with Crippen LogP contribution in [0.15, 0.2) is 0 Å². The van der Waals surface area contributed by atoms with Gasteiger partial charge in [0.05, 0.1) is 10.7 Å². The number of nitrogens with zero attached hydrogens (tertiary/aromatic N) is 1. The normalized spacial score (nSPS) is 19.5. The molecule has 3 N–H and O–H groups in total. The molecule has 17 heavy (non-hydrogen) atoms. The van der Waals surface area contributed by atoms with Crippen LogP contribution in [0.5, 0.6) is 0 Å². The van der Waals surface area contributed by atoms with Gasteiger partial charge in [-0.05, 0) is 32.6 Å². The zero-order valence-electron chi connectivity index (χ0n) is 10.5. The van der Waals surface area contributed by atoms with Gasteiger partial charge < -0.3 is 4.74 Å². The van der Waals surface area contributed by atoms with Gasteiger partial charge in [0.2, 0.25) is 0 Å². The summed E-state index contributed by atoms with van der Waals surface area (Å²) in [6, 6.07) is 0.323. The van der Waals surface area contributed by atoms with Gasteiger partial charge in [0.25, 0.3) is 0 Å². The lowest BCUT2D eigenvalue weighted by Crippen LogP contribution is -2.44. The molecule has 0 amide bonds. The second-order valence-electron chi connectivity index (χ2n) is 4.68. The van der Waals surface area contributed by atoms with Crippen molar-refractivity contribution < 1.29 is 4.74 Å². The molecule has 1 atom stereocenters. The largest absolute Gasteiger partial charge is 0.381 e. The fourth-order valence-corrected chi connectivity index (χ4v) is 3.29. The highest BCUT2D eigenvalue weighted by Crippen LogP contribution is 2.24. The third kappa shape index (κ3) is 3.25. The van der Waals surface area contributed by atoms with E-state index in [2.05, 4.69) is 24.3 Å². The average molecular weight is 255 g/mol. The molecule has 1 fully saturated rings. The van der Waals surface area contributed by atoms with Gasteiger partial charge in [-0.1, -0.05) is 0 Å². The number of aryl methyl sites for hydroxylation is 2. The van der Waals surface area contributed by atoms with Gasteiger partial charge in [-0.25, -0.2) is 4.98 Å². The zero-order valence-corrected chi connectivity index (χ0v) is 11.3. The predicted octanol–water partition coefficient (Wildman–Crippen LogP) is 1.56. The Hall–Kier alpha value is -0.490. The van der Waals surface area contributed by atoms with E-state index in [0.717, 1.165) is 38.2 Å². The summed E-state index contributed by atoms with van der Waals surface area (Å²) in [4.78, 5) is 5.89. The molecule has 0 aromatic carbocycles. The smallest absolute Gasteiger partial charge is 0.0947 e. The van der Waals surface area contributed by atoms with Crippen molar-refractivity contribution in [2.45, 2.75) is 39.2 Å². The lowest BCUT2D eigenvalue weighted by Gasteiger charge is -2.29. The Balaban J connectivity index is 1.98. The van der Waals surface area contributed by atoms with E-state index in [1.54, 1.807) is 11.3 Å². The van der Waals surface area contributed by atoms with Crippen LogP contribution in [0.25, 0.3) is 0 Å². The van der Waals surface area contributed by atoms with Gasteiger partial charge in [-0.2, -0.15) is 0 Å². The second kappa shape index (κ2) is 5.91. The van der Waals surface area contributed by atoms with Crippen molar-refractivity contribution in [1.29, 1.82) is 0 Å². The maximum atomic E-state index is 5.68. The number of rotatable bonds is 4. The molecule has 2 heterocycles. The first-order chi connectivity index (χ1) is 8.20. The predicted molar refractivity (Wildman–Crippen MR) is 69.9 cm³/mol. The topological polar surface area (TPSA) is 60.2 Å². The minimum atomic E-state index is 0.323. The van der Waals surface area contributed by atoms with Gasteiger partial charge in [0, 0.05) is 30.6 Å². The number of nitrogens with one attached hydrogen (secondary N) is 1. The molecule has 96 valence electrons. The number of aromatic nitrogens is 1. The number of thiazole rings is 1. The third-order valence-electron chi connectivity index (χ3n) is 3.52. The lowest BCUT2D eigenvalue weighted by molar-refractivity contribution is 0.0537. The zero-order chi connectivity index (χ0) is 12.3. The third-order valence-corrected chi connectivity index (χ3v) is 4.61. The van der Waals surface area contributed by atoms with Crippen molar-refractivity contribution in [2.24, 2.45) is 11.8 Å². The van der Waals surface area contributed by atoms with Crippen LogP contribution in [0.1, 0.15) is 28.4 Å². The number of hydrazine groups is 1. The monoisotopic (exact) mass is 255 g/mol. The molecule has 5 heteroatoms. The van der Waals surface area contributed by atoms with E-state index in [4.69, 9.17) is 10.6 Å². The molecule has 4 nitrogen and oxygen atoms in total. The number of hydrogen-bond donors (Lipinski definition) is 2. The van der Waals surface area contributed by atoms with E-state index in [1.165, 1.54) is 9.88 Å². The molecule has 1 aromatic rings. The maximum Gasteiger partial charge on any atom is 0.0947 e. The SMILES string of the molecule is Cc1nc(CC(NN)C2CCOCC2)sc1C. The van der Waals surface area contributed by atoms with Crippen molar-refractivity contribution in [3.8, 4) is 0 Å². The summed E-state index contributed by atoms with van der Waals surface area (Å²) >= 11 is 1.78. The quantitative estimate of drug-likeness (QED) is 0.633. The van der Waals surface area contributed by atoms with Gasteiger partial charge in [-0.15, -0.1) is 11.3 Å². The highest BCUT2D eigenvalue weighted by molar-refractivity contribution is 7.11. The van der Waals surface area contributed by atoms with Crippen LogP contribution in [0.3, 0.4) is 0 Å². The van der Waals surface area contributed by atoms with Crippen LogP contribution < -0.4 is 11.3 Å². The highest BCUT2D eigenvalue weighted by Gasteiger charge is 2.24. The van der Waals surface area contributed by atoms with Crippen LogP contribution in [0.4, 0.5) is 0 Å². The Morgan fingerprint density at radius 3 is 2.71 bits per heavy atom. The molecule has 1 saturated heterocycles. The van der Waals surface area contributed by atoms with Gasteiger partial charge in [0.1, 0.15) is 0 Å². The Labute approximate surface area is 107 Å². The van der Waals surface area contributed by atoms with Crippen LogP contribution in [-0.4, -0.2) is 24.2 Å². The first-order valence-electron chi connectivity index (χ1n) is 6.17. The first kappa shape index (κ1) is 13.0. The first-order valence-corrected chi connectivity index (χ1v) is 6.99. The second-order valence-corrected chi connectivity index (χ2v) is 5.96. The fourth-order valence-electron chi connectivity index (χ4n) is 2.29. The van der Waals surface area contributed by atoms with Crippen LogP contribution in [0.2, 0.25) is 0 Å². The average Bonchev–Trinajstić information content (AvgIpc) is 2.67.